The van der Waals surface area contributed by atoms with Gasteiger partial charge in [0.2, 0.25) is 0 Å². The Balaban J connectivity index is 2.33. The lowest BCUT2D eigenvalue weighted by Crippen LogP contribution is -2.45. The maximum Gasteiger partial charge on any atom is 0.262 e. The molecule has 1 fully saturated rings. The zero-order valence-corrected chi connectivity index (χ0v) is 13.2. The second-order valence-electron chi connectivity index (χ2n) is 5.48. The first kappa shape index (κ1) is 15.6. The van der Waals surface area contributed by atoms with Crippen molar-refractivity contribution in [2.24, 2.45) is 0 Å². The minimum absolute atomic E-state index is 0.00671. The third-order valence-corrected chi connectivity index (χ3v) is 4.28. The van der Waals surface area contributed by atoms with Gasteiger partial charge in [0.05, 0.1) is 13.3 Å². The van der Waals surface area contributed by atoms with E-state index in [1.807, 2.05) is 0 Å². The normalized spacial score (nSPS) is 18.8. The van der Waals surface area contributed by atoms with Crippen LogP contribution in [0.15, 0.2) is 12.1 Å². The van der Waals surface area contributed by atoms with E-state index in [1.165, 1.54) is 7.11 Å². The van der Waals surface area contributed by atoms with E-state index in [2.05, 4.69) is 11.8 Å². The molecule has 0 aliphatic carbocycles. The molecule has 0 radical (unpaired) electrons. The molecule has 2 rings (SSSR count). The van der Waals surface area contributed by atoms with Crippen molar-refractivity contribution >= 4 is 5.91 Å². The summed E-state index contributed by atoms with van der Waals surface area (Å²) in [6.07, 6.45) is 2.14. The molecule has 1 aliphatic heterocycles. The molecule has 0 bridgehead atoms. The average Bonchev–Trinajstić information content (AvgIpc) is 2.96. The highest BCUT2D eigenvalue weighted by molar-refractivity contribution is 6.00. The minimum atomic E-state index is -0.196. The molecule has 1 aliphatic rings. The van der Waals surface area contributed by atoms with Crippen molar-refractivity contribution in [2.75, 3.05) is 27.2 Å². The van der Waals surface area contributed by atoms with Gasteiger partial charge in [-0.3, -0.25) is 9.69 Å². The first-order valence-corrected chi connectivity index (χ1v) is 7.39. The van der Waals surface area contributed by atoms with Gasteiger partial charge in [-0.15, -0.1) is 0 Å². The summed E-state index contributed by atoms with van der Waals surface area (Å²) >= 11 is 0. The second kappa shape index (κ2) is 6.35. The predicted molar refractivity (Wildman–Crippen MR) is 81.8 cm³/mol. The summed E-state index contributed by atoms with van der Waals surface area (Å²) in [5, 5.41) is 10.3. The monoisotopic (exact) mass is 292 g/mol. The molecule has 0 saturated carbocycles. The van der Waals surface area contributed by atoms with Gasteiger partial charge in [-0.1, -0.05) is 13.0 Å². The number of phenols is 1. The van der Waals surface area contributed by atoms with Gasteiger partial charge in [0, 0.05) is 13.6 Å². The Bertz CT molecular complexity index is 530. The summed E-state index contributed by atoms with van der Waals surface area (Å²) < 4.78 is 5.25. The molecule has 1 aromatic carbocycles. The average molecular weight is 292 g/mol. The number of rotatable bonds is 4. The van der Waals surface area contributed by atoms with E-state index in [9.17, 15) is 9.90 Å². The largest absolute Gasteiger partial charge is 0.507 e. The van der Waals surface area contributed by atoms with Crippen LogP contribution in [-0.4, -0.2) is 54.2 Å². The Kier molecular flexibility index (Phi) is 4.73. The van der Waals surface area contributed by atoms with Crippen molar-refractivity contribution in [1.29, 1.82) is 0 Å². The van der Waals surface area contributed by atoms with Crippen LogP contribution in [0.1, 0.15) is 35.7 Å². The third-order valence-electron chi connectivity index (χ3n) is 4.28. The highest BCUT2D eigenvalue weighted by atomic mass is 16.5. The number of methoxy groups -OCH3 is 1. The summed E-state index contributed by atoms with van der Waals surface area (Å²) in [4.78, 5) is 16.8. The van der Waals surface area contributed by atoms with Gasteiger partial charge in [0.1, 0.15) is 17.1 Å². The van der Waals surface area contributed by atoms with Crippen LogP contribution in [0.3, 0.4) is 0 Å². The molecule has 0 spiro atoms. The molecular formula is C16H24N2O3. The minimum Gasteiger partial charge on any atom is -0.507 e. The Morgan fingerprint density at radius 1 is 1.52 bits per heavy atom. The lowest BCUT2D eigenvalue weighted by Gasteiger charge is -2.32. The molecule has 1 heterocycles. The molecule has 21 heavy (non-hydrogen) atoms. The van der Waals surface area contributed by atoms with Gasteiger partial charge in [0.15, 0.2) is 0 Å². The molecular weight excluding hydrogens is 268 g/mol. The highest BCUT2D eigenvalue weighted by Gasteiger charge is 2.32. The second-order valence-corrected chi connectivity index (χ2v) is 5.48. The standard InChI is InChI=1S/C16H24N2O3/c1-5-18-10-6-7-13(18)17(3)16(20)14-12(21-4)9-8-11(2)15(14)19/h8-9,13,19H,5-7,10H2,1-4H3. The molecule has 1 saturated heterocycles. The summed E-state index contributed by atoms with van der Waals surface area (Å²) in [5.74, 6) is 0.224. The van der Waals surface area contributed by atoms with Crippen LogP contribution in [0.25, 0.3) is 0 Å². The molecule has 5 nitrogen and oxygen atoms in total. The third kappa shape index (κ3) is 2.83. The number of amides is 1. The van der Waals surface area contributed by atoms with E-state index in [1.54, 1.807) is 31.0 Å². The number of phenolic OH excluding ortho intramolecular Hbond substituents is 1. The van der Waals surface area contributed by atoms with E-state index in [0.717, 1.165) is 25.9 Å². The van der Waals surface area contributed by atoms with Gasteiger partial charge in [-0.05, 0) is 37.9 Å². The van der Waals surface area contributed by atoms with Gasteiger partial charge in [-0.2, -0.15) is 0 Å². The Morgan fingerprint density at radius 3 is 2.86 bits per heavy atom. The van der Waals surface area contributed by atoms with Crippen molar-refractivity contribution in [3.8, 4) is 11.5 Å². The van der Waals surface area contributed by atoms with Gasteiger partial charge in [0.25, 0.3) is 5.91 Å². The lowest BCUT2D eigenvalue weighted by atomic mass is 10.1. The number of hydrogen-bond donors (Lipinski definition) is 1. The fourth-order valence-corrected chi connectivity index (χ4v) is 2.98. The van der Waals surface area contributed by atoms with Gasteiger partial charge in [-0.25, -0.2) is 0 Å². The topological polar surface area (TPSA) is 53.0 Å². The molecule has 1 aromatic rings. The van der Waals surface area contributed by atoms with Crippen molar-refractivity contribution in [3.63, 3.8) is 0 Å². The van der Waals surface area contributed by atoms with E-state index in [-0.39, 0.29) is 23.4 Å². The van der Waals surface area contributed by atoms with E-state index >= 15 is 0 Å². The number of hydrogen-bond acceptors (Lipinski definition) is 4. The Hall–Kier alpha value is -1.75. The SMILES string of the molecule is CCN1CCCC1N(C)C(=O)c1c(OC)ccc(C)c1O. The molecule has 5 heteroatoms. The Morgan fingerprint density at radius 2 is 2.24 bits per heavy atom. The number of aryl methyl sites for hydroxylation is 1. The summed E-state index contributed by atoms with van der Waals surface area (Å²) in [6, 6.07) is 3.47. The number of carbonyl (C=O) groups excluding carboxylic acids is 1. The number of benzene rings is 1. The lowest BCUT2D eigenvalue weighted by molar-refractivity contribution is 0.0541. The molecule has 1 unspecified atom stereocenters. The maximum absolute atomic E-state index is 12.8. The van der Waals surface area contributed by atoms with Crippen LogP contribution >= 0.6 is 0 Å². The number of ether oxygens (including phenoxy) is 1. The Labute approximate surface area is 126 Å². The molecule has 1 amide bonds. The van der Waals surface area contributed by atoms with Crippen LogP contribution in [-0.2, 0) is 0 Å². The van der Waals surface area contributed by atoms with Crippen LogP contribution in [0.2, 0.25) is 0 Å². The van der Waals surface area contributed by atoms with E-state index in [4.69, 9.17) is 4.74 Å². The number of likely N-dealkylation sites (tertiary alicyclic amines) is 1. The van der Waals surface area contributed by atoms with Crippen molar-refractivity contribution in [1.82, 2.24) is 9.80 Å². The molecule has 0 aromatic heterocycles. The molecule has 1 atom stereocenters. The van der Waals surface area contributed by atoms with E-state index in [0.29, 0.717) is 11.3 Å². The fraction of sp³-hybridized carbons (Fsp3) is 0.562. The van der Waals surface area contributed by atoms with Gasteiger partial charge < -0.3 is 14.7 Å². The van der Waals surface area contributed by atoms with Crippen LogP contribution < -0.4 is 4.74 Å². The quantitative estimate of drug-likeness (QED) is 0.924. The maximum atomic E-state index is 12.8. The molecule has 116 valence electrons. The number of nitrogens with zero attached hydrogens (tertiary/aromatic N) is 2. The van der Waals surface area contributed by atoms with Crippen LogP contribution in [0, 0.1) is 6.92 Å². The fourth-order valence-electron chi connectivity index (χ4n) is 2.98. The zero-order valence-electron chi connectivity index (χ0n) is 13.2. The van der Waals surface area contributed by atoms with Crippen molar-refractivity contribution in [2.45, 2.75) is 32.9 Å². The van der Waals surface area contributed by atoms with Crippen LogP contribution in [0.5, 0.6) is 11.5 Å². The van der Waals surface area contributed by atoms with Crippen molar-refractivity contribution < 1.29 is 14.6 Å². The zero-order chi connectivity index (χ0) is 15.6. The van der Waals surface area contributed by atoms with Gasteiger partial charge >= 0.3 is 0 Å². The molecule has 1 N–H and O–H groups in total. The summed E-state index contributed by atoms with van der Waals surface area (Å²) in [5.41, 5.74) is 0.925. The number of carbonyl (C=O) groups is 1. The summed E-state index contributed by atoms with van der Waals surface area (Å²) in [7, 11) is 3.30. The van der Waals surface area contributed by atoms with Crippen LogP contribution in [0.4, 0.5) is 0 Å². The first-order chi connectivity index (χ1) is 10.0. The predicted octanol–water partition coefficient (Wildman–Crippen LogP) is 2.22. The first-order valence-electron chi connectivity index (χ1n) is 7.39. The van der Waals surface area contributed by atoms with Crippen molar-refractivity contribution in [3.05, 3.63) is 23.3 Å². The summed E-state index contributed by atoms with van der Waals surface area (Å²) in [6.45, 7) is 5.80. The smallest absolute Gasteiger partial charge is 0.262 e. The van der Waals surface area contributed by atoms with E-state index < -0.39 is 0 Å². The number of aromatic hydroxyl groups is 1. The highest BCUT2D eigenvalue weighted by Crippen LogP contribution is 2.33.